The Morgan fingerprint density at radius 2 is 1.80 bits per heavy atom. The summed E-state index contributed by atoms with van der Waals surface area (Å²) < 4.78 is 25.4. The Morgan fingerprint density at radius 1 is 1.33 bits per heavy atom. The van der Waals surface area contributed by atoms with Gasteiger partial charge in [-0.25, -0.2) is 12.7 Å². The molecule has 0 aliphatic heterocycles. The minimum Gasteiger partial charge on any atom is -0.318 e. The Bertz CT molecular complexity index is 280. The molecule has 0 saturated heterocycles. The van der Waals surface area contributed by atoms with Gasteiger partial charge in [0.1, 0.15) is 0 Å². The zero-order valence-corrected chi connectivity index (χ0v) is 11.5. The third kappa shape index (κ3) is 4.95. The van der Waals surface area contributed by atoms with Crippen LogP contribution >= 0.6 is 0 Å². The second-order valence-electron chi connectivity index (χ2n) is 5.23. The summed E-state index contributed by atoms with van der Waals surface area (Å²) in [7, 11) is 0.242. The van der Waals surface area contributed by atoms with Crippen molar-refractivity contribution in [3.63, 3.8) is 0 Å². The molecule has 0 fully saturated rings. The molecule has 0 radical (unpaired) electrons. The molecule has 0 aliphatic rings. The summed E-state index contributed by atoms with van der Waals surface area (Å²) in [5, 5.41) is 2.51. The zero-order chi connectivity index (χ0) is 12.3. The van der Waals surface area contributed by atoms with Crippen LogP contribution in [-0.2, 0) is 10.0 Å². The van der Waals surface area contributed by atoms with Gasteiger partial charge in [0.05, 0.1) is 5.25 Å². The molecule has 5 heteroatoms. The van der Waals surface area contributed by atoms with Crippen molar-refractivity contribution in [2.75, 3.05) is 27.2 Å². The van der Waals surface area contributed by atoms with Crippen LogP contribution in [0.5, 0.6) is 0 Å². The quantitative estimate of drug-likeness (QED) is 0.771. The fraction of sp³-hybridized carbons (Fsp3) is 1.00. The number of hydrogen-bond acceptors (Lipinski definition) is 3. The lowest BCUT2D eigenvalue weighted by atomic mass is 9.97. The smallest absolute Gasteiger partial charge is 0.217 e. The van der Waals surface area contributed by atoms with E-state index >= 15 is 0 Å². The summed E-state index contributed by atoms with van der Waals surface area (Å²) >= 11 is 0. The van der Waals surface area contributed by atoms with E-state index in [1.54, 1.807) is 21.0 Å². The second-order valence-corrected chi connectivity index (χ2v) is 7.69. The average molecular weight is 236 g/mol. The van der Waals surface area contributed by atoms with Crippen LogP contribution in [0.15, 0.2) is 0 Å². The van der Waals surface area contributed by atoms with Crippen molar-refractivity contribution in [1.82, 2.24) is 9.62 Å². The first kappa shape index (κ1) is 14.9. The van der Waals surface area contributed by atoms with Gasteiger partial charge >= 0.3 is 0 Å². The number of rotatable bonds is 5. The Kier molecular flexibility index (Phi) is 5.23. The van der Waals surface area contributed by atoms with Gasteiger partial charge in [-0.05, 0) is 19.4 Å². The first-order chi connectivity index (χ1) is 6.61. The van der Waals surface area contributed by atoms with E-state index in [0.717, 1.165) is 0 Å². The molecule has 15 heavy (non-hydrogen) atoms. The maximum Gasteiger partial charge on any atom is 0.217 e. The van der Waals surface area contributed by atoms with Crippen LogP contribution in [0.25, 0.3) is 0 Å². The number of hydrogen-bond donors (Lipinski definition) is 1. The van der Waals surface area contributed by atoms with Crippen molar-refractivity contribution < 1.29 is 8.42 Å². The predicted octanol–water partition coefficient (Wildman–Crippen LogP) is 0.902. The molecule has 1 atom stereocenters. The van der Waals surface area contributed by atoms with E-state index in [1.165, 1.54) is 4.31 Å². The minimum atomic E-state index is -3.16. The van der Waals surface area contributed by atoms with E-state index < -0.39 is 10.0 Å². The normalized spacial score (nSPS) is 15.7. The molecular formula is C10H24N2O2S. The monoisotopic (exact) mass is 236 g/mol. The highest BCUT2D eigenvalue weighted by Crippen LogP contribution is 2.17. The Balaban J connectivity index is 4.60. The van der Waals surface area contributed by atoms with E-state index in [0.29, 0.717) is 13.1 Å². The number of nitrogens with one attached hydrogen (secondary N) is 1. The molecular weight excluding hydrogens is 212 g/mol. The summed E-state index contributed by atoms with van der Waals surface area (Å²) in [4.78, 5) is 0. The van der Waals surface area contributed by atoms with E-state index in [1.807, 2.05) is 20.8 Å². The van der Waals surface area contributed by atoms with Crippen LogP contribution in [-0.4, -0.2) is 45.2 Å². The third-order valence-corrected chi connectivity index (χ3v) is 4.31. The van der Waals surface area contributed by atoms with Crippen molar-refractivity contribution >= 4 is 10.0 Å². The Labute approximate surface area is 94.1 Å². The summed E-state index contributed by atoms with van der Waals surface area (Å²) in [5.74, 6) is 0. The molecule has 1 N–H and O–H groups in total. The van der Waals surface area contributed by atoms with Crippen molar-refractivity contribution in [3.8, 4) is 0 Å². The summed E-state index contributed by atoms with van der Waals surface area (Å²) in [6, 6.07) is 0. The van der Waals surface area contributed by atoms with Gasteiger partial charge in [-0.3, -0.25) is 0 Å². The molecule has 0 aliphatic carbocycles. The van der Waals surface area contributed by atoms with Gasteiger partial charge < -0.3 is 5.32 Å². The predicted molar refractivity (Wildman–Crippen MR) is 64.4 cm³/mol. The standard InChI is InChI=1S/C10H24N2O2S/c1-9(7-11-5)15(13,14)12(6)8-10(2,3)4/h9,11H,7-8H2,1-6H3. The van der Waals surface area contributed by atoms with Crippen LogP contribution in [0.2, 0.25) is 0 Å². The molecule has 0 amide bonds. The second kappa shape index (κ2) is 5.27. The van der Waals surface area contributed by atoms with Crippen LogP contribution < -0.4 is 5.32 Å². The van der Waals surface area contributed by atoms with E-state index in [-0.39, 0.29) is 10.7 Å². The minimum absolute atomic E-state index is 0.0127. The topological polar surface area (TPSA) is 49.4 Å². The lowest BCUT2D eigenvalue weighted by Gasteiger charge is -2.28. The molecule has 4 nitrogen and oxygen atoms in total. The van der Waals surface area contributed by atoms with E-state index in [9.17, 15) is 8.42 Å². The van der Waals surface area contributed by atoms with Crippen LogP contribution in [0.1, 0.15) is 27.7 Å². The molecule has 92 valence electrons. The van der Waals surface area contributed by atoms with Gasteiger partial charge in [-0.2, -0.15) is 0 Å². The van der Waals surface area contributed by atoms with E-state index in [4.69, 9.17) is 0 Å². The highest BCUT2D eigenvalue weighted by molar-refractivity contribution is 7.89. The van der Waals surface area contributed by atoms with Gasteiger partial charge in [-0.1, -0.05) is 20.8 Å². The summed E-state index contributed by atoms with van der Waals surface area (Å²) in [6.07, 6.45) is 0. The molecule has 0 spiro atoms. The van der Waals surface area contributed by atoms with Gasteiger partial charge in [0.15, 0.2) is 0 Å². The number of sulfonamides is 1. The largest absolute Gasteiger partial charge is 0.318 e. The summed E-state index contributed by atoms with van der Waals surface area (Å²) in [6.45, 7) is 8.84. The van der Waals surface area contributed by atoms with Gasteiger partial charge in [0, 0.05) is 20.1 Å². The summed E-state index contributed by atoms with van der Waals surface area (Å²) in [5.41, 5.74) is -0.0127. The van der Waals surface area contributed by atoms with E-state index in [2.05, 4.69) is 5.32 Å². The van der Waals surface area contributed by atoms with Crippen molar-refractivity contribution in [2.45, 2.75) is 32.9 Å². The lowest BCUT2D eigenvalue weighted by Crippen LogP contribution is -2.42. The lowest BCUT2D eigenvalue weighted by molar-refractivity contribution is 0.308. The maximum atomic E-state index is 12.0. The van der Waals surface area contributed by atoms with Crippen molar-refractivity contribution in [1.29, 1.82) is 0 Å². The van der Waals surface area contributed by atoms with Crippen LogP contribution in [0.3, 0.4) is 0 Å². The molecule has 0 aromatic carbocycles. The molecule has 0 heterocycles. The van der Waals surface area contributed by atoms with Gasteiger partial charge in [0.2, 0.25) is 10.0 Å². The SMILES string of the molecule is CNCC(C)S(=O)(=O)N(C)CC(C)(C)C. The fourth-order valence-electron chi connectivity index (χ4n) is 1.46. The first-order valence-electron chi connectivity index (χ1n) is 5.21. The number of nitrogens with zero attached hydrogens (tertiary/aromatic N) is 1. The van der Waals surface area contributed by atoms with Crippen molar-refractivity contribution in [2.24, 2.45) is 5.41 Å². The Hall–Kier alpha value is -0.130. The van der Waals surface area contributed by atoms with Crippen molar-refractivity contribution in [3.05, 3.63) is 0 Å². The van der Waals surface area contributed by atoms with Crippen LogP contribution in [0, 0.1) is 5.41 Å². The molecule has 0 bridgehead atoms. The average Bonchev–Trinajstić information content (AvgIpc) is 2.01. The highest BCUT2D eigenvalue weighted by Gasteiger charge is 2.28. The van der Waals surface area contributed by atoms with Gasteiger partial charge in [-0.15, -0.1) is 0 Å². The first-order valence-corrected chi connectivity index (χ1v) is 6.71. The van der Waals surface area contributed by atoms with Gasteiger partial charge in [0.25, 0.3) is 0 Å². The molecule has 1 unspecified atom stereocenters. The fourth-order valence-corrected chi connectivity index (χ4v) is 3.02. The molecule has 0 aromatic rings. The zero-order valence-electron chi connectivity index (χ0n) is 10.7. The molecule has 0 rings (SSSR count). The highest BCUT2D eigenvalue weighted by atomic mass is 32.2. The maximum absolute atomic E-state index is 12.0. The molecule has 0 aromatic heterocycles. The van der Waals surface area contributed by atoms with Crippen LogP contribution in [0.4, 0.5) is 0 Å². The Morgan fingerprint density at radius 3 is 2.13 bits per heavy atom. The molecule has 0 saturated carbocycles. The third-order valence-electron chi connectivity index (χ3n) is 2.13.